The van der Waals surface area contributed by atoms with Crippen LogP contribution in [0.3, 0.4) is 0 Å². The molecule has 0 radical (unpaired) electrons. The Bertz CT molecular complexity index is 452. The minimum Gasteiger partial charge on any atom is -0.462 e. The van der Waals surface area contributed by atoms with Crippen LogP contribution < -0.4 is 0 Å². The maximum atomic E-state index is 12.0. The summed E-state index contributed by atoms with van der Waals surface area (Å²) >= 11 is 0. The van der Waals surface area contributed by atoms with Crippen LogP contribution in [-0.4, -0.2) is 36.4 Å². The Morgan fingerprint density at radius 2 is 0.912 bits per heavy atom. The van der Waals surface area contributed by atoms with E-state index in [1.807, 2.05) is 0 Å². The van der Waals surface area contributed by atoms with E-state index >= 15 is 0 Å². The number of esters is 2. The molecule has 0 rings (SSSR count). The molecule has 0 saturated heterocycles. The lowest BCUT2D eigenvalue weighted by molar-refractivity contribution is -0.161. The van der Waals surface area contributed by atoms with E-state index in [4.69, 9.17) is 9.47 Å². The molecule has 0 spiro atoms. The third-order valence-electron chi connectivity index (χ3n) is 6.40. The summed E-state index contributed by atoms with van der Waals surface area (Å²) in [6.45, 7) is 4.09. The fraction of sp³-hybridized carbons (Fsp3) is 0.931. The van der Waals surface area contributed by atoms with Crippen molar-refractivity contribution in [1.29, 1.82) is 0 Å². The predicted octanol–water partition coefficient (Wildman–Crippen LogP) is 8.06. The molecule has 0 aliphatic carbocycles. The van der Waals surface area contributed by atoms with Crippen LogP contribution in [0.5, 0.6) is 0 Å². The molecule has 202 valence electrons. The number of carbonyl (C=O) groups is 2. The first kappa shape index (κ1) is 32.9. The zero-order valence-electron chi connectivity index (χ0n) is 22.6. The van der Waals surface area contributed by atoms with Crippen molar-refractivity contribution in [2.45, 2.75) is 161 Å². The number of ether oxygens (including phenoxy) is 2. The molecular formula is C29H56O5. The molecule has 0 saturated carbocycles. The summed E-state index contributed by atoms with van der Waals surface area (Å²) in [7, 11) is 0. The first-order valence-electron chi connectivity index (χ1n) is 14.6. The van der Waals surface area contributed by atoms with Crippen LogP contribution in [0.25, 0.3) is 0 Å². The first-order chi connectivity index (χ1) is 16.6. The van der Waals surface area contributed by atoms with E-state index in [0.717, 1.165) is 38.5 Å². The van der Waals surface area contributed by atoms with Crippen molar-refractivity contribution >= 4 is 11.9 Å². The summed E-state index contributed by atoms with van der Waals surface area (Å²) in [6, 6.07) is 0. The molecular weight excluding hydrogens is 428 g/mol. The molecule has 0 heterocycles. The topological polar surface area (TPSA) is 72.8 Å². The van der Waals surface area contributed by atoms with E-state index in [-0.39, 0.29) is 25.2 Å². The highest BCUT2D eigenvalue weighted by molar-refractivity contribution is 5.70. The van der Waals surface area contributed by atoms with Gasteiger partial charge in [0.2, 0.25) is 0 Å². The average molecular weight is 485 g/mol. The summed E-state index contributed by atoms with van der Waals surface area (Å²) in [6.07, 6.45) is 24.4. The molecule has 34 heavy (non-hydrogen) atoms. The molecule has 0 aromatic carbocycles. The molecule has 5 nitrogen and oxygen atoms in total. The Morgan fingerprint density at radius 1 is 0.559 bits per heavy atom. The lowest BCUT2D eigenvalue weighted by Gasteiger charge is -2.15. The van der Waals surface area contributed by atoms with E-state index in [9.17, 15) is 14.7 Å². The Hall–Kier alpha value is -1.10. The van der Waals surface area contributed by atoms with Crippen LogP contribution in [0.4, 0.5) is 0 Å². The van der Waals surface area contributed by atoms with Gasteiger partial charge in [-0.3, -0.25) is 9.59 Å². The molecule has 0 bridgehead atoms. The maximum absolute atomic E-state index is 12.0. The predicted molar refractivity (Wildman–Crippen MR) is 141 cm³/mol. The van der Waals surface area contributed by atoms with Crippen molar-refractivity contribution in [3.05, 3.63) is 0 Å². The highest BCUT2D eigenvalue weighted by Gasteiger charge is 2.16. The molecule has 5 heteroatoms. The van der Waals surface area contributed by atoms with Crippen molar-refractivity contribution in [3.8, 4) is 0 Å². The normalized spacial score (nSPS) is 12.0. The fourth-order valence-electron chi connectivity index (χ4n) is 4.14. The second-order valence-corrected chi connectivity index (χ2v) is 9.84. The van der Waals surface area contributed by atoms with Gasteiger partial charge in [0.15, 0.2) is 6.10 Å². The quantitative estimate of drug-likeness (QED) is 0.0992. The number of carbonyl (C=O) groups excluding carboxylic acids is 2. The second kappa shape index (κ2) is 26.5. The maximum Gasteiger partial charge on any atom is 0.306 e. The van der Waals surface area contributed by atoms with Gasteiger partial charge in [-0.15, -0.1) is 0 Å². The number of aliphatic hydroxyl groups excluding tert-OH is 1. The average Bonchev–Trinajstić information content (AvgIpc) is 2.84. The van der Waals surface area contributed by atoms with Crippen molar-refractivity contribution in [1.82, 2.24) is 0 Å². The van der Waals surface area contributed by atoms with Gasteiger partial charge in [-0.2, -0.15) is 0 Å². The number of unbranched alkanes of at least 4 members (excludes halogenated alkanes) is 18. The van der Waals surface area contributed by atoms with E-state index in [1.165, 1.54) is 89.9 Å². The third-order valence-corrected chi connectivity index (χ3v) is 6.40. The highest BCUT2D eigenvalue weighted by atomic mass is 16.6. The molecule has 0 aliphatic heterocycles. The monoisotopic (exact) mass is 484 g/mol. The van der Waals surface area contributed by atoms with Crippen molar-refractivity contribution < 1.29 is 24.2 Å². The number of aliphatic hydroxyl groups is 1. The van der Waals surface area contributed by atoms with Crippen LogP contribution in [0.15, 0.2) is 0 Å². The number of hydrogen-bond acceptors (Lipinski definition) is 5. The van der Waals surface area contributed by atoms with Gasteiger partial charge >= 0.3 is 11.9 Å². The smallest absolute Gasteiger partial charge is 0.306 e. The Kier molecular flexibility index (Phi) is 25.6. The molecule has 0 unspecified atom stereocenters. The summed E-state index contributed by atoms with van der Waals surface area (Å²) in [5.41, 5.74) is 0. The van der Waals surface area contributed by atoms with E-state index in [0.29, 0.717) is 12.8 Å². The largest absolute Gasteiger partial charge is 0.462 e. The van der Waals surface area contributed by atoms with Gasteiger partial charge in [-0.1, -0.05) is 129 Å². The minimum absolute atomic E-state index is 0.0587. The SMILES string of the molecule is CCCCCCCCCCCCCC(=O)OC[C@@H](CO)OC(=O)CCCCCCCCCCC. The highest BCUT2D eigenvalue weighted by Crippen LogP contribution is 2.13. The minimum atomic E-state index is -0.757. The van der Waals surface area contributed by atoms with Crippen LogP contribution >= 0.6 is 0 Å². The Labute approximate surface area is 210 Å². The van der Waals surface area contributed by atoms with Crippen molar-refractivity contribution in [2.24, 2.45) is 0 Å². The molecule has 0 aromatic rings. The third kappa shape index (κ3) is 24.0. The molecule has 0 aromatic heterocycles. The summed E-state index contributed by atoms with van der Waals surface area (Å²) in [5, 5.41) is 9.43. The molecule has 1 N–H and O–H groups in total. The van der Waals surface area contributed by atoms with Gasteiger partial charge in [-0.05, 0) is 12.8 Å². The summed E-state index contributed by atoms with van der Waals surface area (Å²) < 4.78 is 10.5. The van der Waals surface area contributed by atoms with Crippen LogP contribution in [0.1, 0.15) is 155 Å². The van der Waals surface area contributed by atoms with Gasteiger partial charge in [-0.25, -0.2) is 0 Å². The summed E-state index contributed by atoms with van der Waals surface area (Å²) in [5.74, 6) is -0.590. The zero-order valence-corrected chi connectivity index (χ0v) is 22.6. The first-order valence-corrected chi connectivity index (χ1v) is 14.6. The second-order valence-electron chi connectivity index (χ2n) is 9.84. The lowest BCUT2D eigenvalue weighted by atomic mass is 10.1. The standard InChI is InChI=1S/C29H56O5/c1-3-5-7-9-11-13-14-16-17-19-21-23-28(31)33-26-27(25-30)34-29(32)24-22-20-18-15-12-10-8-6-4-2/h27,30H,3-26H2,1-2H3/t27-/m1/s1. The number of hydrogen-bond donors (Lipinski definition) is 1. The van der Waals surface area contributed by atoms with E-state index in [1.54, 1.807) is 0 Å². The van der Waals surface area contributed by atoms with Crippen molar-refractivity contribution in [3.63, 3.8) is 0 Å². The van der Waals surface area contributed by atoms with Gasteiger partial charge in [0.05, 0.1) is 6.61 Å². The zero-order chi connectivity index (χ0) is 25.1. The van der Waals surface area contributed by atoms with E-state index in [2.05, 4.69) is 13.8 Å². The van der Waals surface area contributed by atoms with Gasteiger partial charge in [0.1, 0.15) is 6.61 Å². The van der Waals surface area contributed by atoms with E-state index < -0.39 is 6.10 Å². The molecule has 0 fully saturated rings. The Morgan fingerprint density at radius 3 is 1.29 bits per heavy atom. The molecule has 1 atom stereocenters. The Balaban J connectivity index is 3.58. The van der Waals surface area contributed by atoms with Crippen molar-refractivity contribution in [2.75, 3.05) is 13.2 Å². The van der Waals surface area contributed by atoms with Crippen LogP contribution in [0, 0.1) is 0 Å². The van der Waals surface area contributed by atoms with Crippen LogP contribution in [0.2, 0.25) is 0 Å². The van der Waals surface area contributed by atoms with Gasteiger partial charge in [0.25, 0.3) is 0 Å². The molecule has 0 amide bonds. The number of rotatable bonds is 26. The fourth-order valence-corrected chi connectivity index (χ4v) is 4.14. The van der Waals surface area contributed by atoms with Crippen LogP contribution in [-0.2, 0) is 19.1 Å². The summed E-state index contributed by atoms with van der Waals surface area (Å²) in [4.78, 5) is 23.9. The molecule has 0 aliphatic rings. The lowest BCUT2D eigenvalue weighted by Crippen LogP contribution is -2.28. The van der Waals surface area contributed by atoms with Gasteiger partial charge in [0, 0.05) is 12.8 Å². The van der Waals surface area contributed by atoms with Gasteiger partial charge < -0.3 is 14.6 Å².